The Kier molecular flexibility index (Phi) is 24.9. The summed E-state index contributed by atoms with van der Waals surface area (Å²) in [5, 5.41) is 7.83. The van der Waals surface area contributed by atoms with Gasteiger partial charge in [0.2, 0.25) is 10.4 Å². The molecule has 0 radical (unpaired) electrons. The molecular formula is C14H32NNaO5S. The smallest absolute Gasteiger partial charge is 0.726 e. The Morgan fingerprint density at radius 3 is 1.64 bits per heavy atom. The maximum atomic E-state index is 10.1. The van der Waals surface area contributed by atoms with Gasteiger partial charge in [-0.25, -0.2) is 8.42 Å². The van der Waals surface area contributed by atoms with Crippen molar-refractivity contribution in [1.29, 1.82) is 0 Å². The van der Waals surface area contributed by atoms with Crippen LogP contribution in [0, 0.1) is 0 Å². The van der Waals surface area contributed by atoms with Gasteiger partial charge in [0.15, 0.2) is 0 Å². The van der Waals surface area contributed by atoms with Gasteiger partial charge in [0.1, 0.15) is 0 Å². The van der Waals surface area contributed by atoms with Crippen molar-refractivity contribution >= 4 is 10.4 Å². The summed E-state index contributed by atoms with van der Waals surface area (Å²) in [7, 11) is -4.48. The fourth-order valence-electron chi connectivity index (χ4n) is 1.75. The molecule has 0 aliphatic rings. The van der Waals surface area contributed by atoms with E-state index in [0.29, 0.717) is 6.42 Å². The van der Waals surface area contributed by atoms with Gasteiger partial charge in [0.25, 0.3) is 0 Å². The van der Waals surface area contributed by atoms with Crippen LogP contribution >= 0.6 is 0 Å². The Bertz CT molecular complexity index is 297. The van der Waals surface area contributed by atoms with Gasteiger partial charge >= 0.3 is 29.6 Å². The number of aliphatic hydroxyl groups excluding tert-OH is 1. The largest absolute Gasteiger partial charge is 1.00 e. The number of hydrogen-bond donors (Lipinski definition) is 2. The second-order valence-electron chi connectivity index (χ2n) is 5.15. The van der Waals surface area contributed by atoms with E-state index in [9.17, 15) is 13.0 Å². The summed E-state index contributed by atoms with van der Waals surface area (Å²) in [6.07, 6.45) is 11.0. The van der Waals surface area contributed by atoms with Crippen molar-refractivity contribution in [3.8, 4) is 0 Å². The third-order valence-corrected chi connectivity index (χ3v) is 3.18. The summed E-state index contributed by atoms with van der Waals surface area (Å²) in [6.45, 7) is 3.74. The normalized spacial score (nSPS) is 12.0. The van der Waals surface area contributed by atoms with Gasteiger partial charge in [-0.15, -0.1) is 0 Å². The van der Waals surface area contributed by atoms with Crippen molar-refractivity contribution in [2.24, 2.45) is 5.73 Å². The van der Waals surface area contributed by atoms with Gasteiger partial charge in [-0.2, -0.15) is 0 Å². The molecule has 0 fully saturated rings. The minimum atomic E-state index is -4.48. The standard InChI is InChI=1S/C12H26O4S.C2H7NO.Na/c1-2-3-4-5-6-7-8-9-10-11-12-16-17(13,14)15;1-2(3)4;/h2-12H2,1H3,(H,13,14,15);2,4H,3H2,1H3;/q;;+1/p-1. The summed E-state index contributed by atoms with van der Waals surface area (Å²) in [5.41, 5.74) is 4.67. The van der Waals surface area contributed by atoms with Crippen molar-refractivity contribution in [3.63, 3.8) is 0 Å². The van der Waals surface area contributed by atoms with E-state index in [1.807, 2.05) is 0 Å². The van der Waals surface area contributed by atoms with Crippen LogP contribution < -0.4 is 35.3 Å². The van der Waals surface area contributed by atoms with E-state index in [1.165, 1.54) is 51.9 Å². The molecule has 6 nitrogen and oxygen atoms in total. The minimum Gasteiger partial charge on any atom is -0.726 e. The molecule has 0 aliphatic heterocycles. The first-order valence-electron chi connectivity index (χ1n) is 7.83. The number of hydrogen-bond acceptors (Lipinski definition) is 6. The molecule has 0 rings (SSSR count). The van der Waals surface area contributed by atoms with E-state index >= 15 is 0 Å². The monoisotopic (exact) mass is 349 g/mol. The molecule has 0 saturated carbocycles. The zero-order valence-corrected chi connectivity index (χ0v) is 17.2. The van der Waals surface area contributed by atoms with Gasteiger partial charge in [-0.3, -0.25) is 4.18 Å². The van der Waals surface area contributed by atoms with Crippen LogP contribution in [0.3, 0.4) is 0 Å². The van der Waals surface area contributed by atoms with Gasteiger partial charge < -0.3 is 15.4 Å². The maximum absolute atomic E-state index is 10.1. The van der Waals surface area contributed by atoms with Crippen molar-refractivity contribution in [2.75, 3.05) is 6.61 Å². The molecule has 0 spiro atoms. The number of aliphatic hydroxyl groups is 1. The molecule has 0 aromatic carbocycles. The fraction of sp³-hybridized carbons (Fsp3) is 1.00. The van der Waals surface area contributed by atoms with E-state index in [4.69, 9.17) is 5.11 Å². The fourth-order valence-corrected chi connectivity index (χ4v) is 2.07. The van der Waals surface area contributed by atoms with Crippen molar-refractivity contribution in [3.05, 3.63) is 0 Å². The molecule has 1 unspecified atom stereocenters. The number of rotatable bonds is 12. The molecule has 0 aromatic rings. The number of nitrogens with two attached hydrogens (primary N) is 1. The van der Waals surface area contributed by atoms with E-state index < -0.39 is 16.6 Å². The van der Waals surface area contributed by atoms with Crippen LogP contribution in [-0.2, 0) is 14.6 Å². The van der Waals surface area contributed by atoms with Gasteiger partial charge in [0.05, 0.1) is 12.8 Å². The van der Waals surface area contributed by atoms with Gasteiger partial charge in [-0.1, -0.05) is 64.7 Å². The Morgan fingerprint density at radius 1 is 1.00 bits per heavy atom. The third kappa shape index (κ3) is 37.2. The summed E-state index contributed by atoms with van der Waals surface area (Å²) in [4.78, 5) is 0. The van der Waals surface area contributed by atoms with E-state index in [-0.39, 0.29) is 36.2 Å². The predicted molar refractivity (Wildman–Crippen MR) is 83.4 cm³/mol. The average molecular weight is 349 g/mol. The van der Waals surface area contributed by atoms with Crippen LogP contribution in [0.1, 0.15) is 78.1 Å². The zero-order chi connectivity index (χ0) is 16.6. The van der Waals surface area contributed by atoms with Crippen molar-refractivity contribution in [1.82, 2.24) is 0 Å². The summed E-state index contributed by atoms with van der Waals surface area (Å²) < 4.78 is 34.5. The average Bonchev–Trinajstić information content (AvgIpc) is 2.34. The van der Waals surface area contributed by atoms with Gasteiger partial charge in [0, 0.05) is 0 Å². The molecule has 0 amide bonds. The quantitative estimate of drug-likeness (QED) is 0.164. The second kappa shape index (κ2) is 19.8. The Morgan fingerprint density at radius 2 is 1.32 bits per heavy atom. The molecule has 0 aromatic heterocycles. The van der Waals surface area contributed by atoms with E-state index in [0.717, 1.165) is 12.8 Å². The van der Waals surface area contributed by atoms with Crippen LogP contribution in [0.5, 0.6) is 0 Å². The molecule has 22 heavy (non-hydrogen) atoms. The molecule has 0 bridgehead atoms. The first-order valence-corrected chi connectivity index (χ1v) is 9.16. The van der Waals surface area contributed by atoms with E-state index in [1.54, 1.807) is 0 Å². The van der Waals surface area contributed by atoms with E-state index in [2.05, 4.69) is 16.8 Å². The van der Waals surface area contributed by atoms with Crippen LogP contribution in [0.25, 0.3) is 0 Å². The van der Waals surface area contributed by atoms with Crippen molar-refractivity contribution < 1.29 is 51.8 Å². The van der Waals surface area contributed by atoms with Crippen LogP contribution in [0.15, 0.2) is 0 Å². The minimum absolute atomic E-state index is 0. The Labute approximate surface area is 158 Å². The molecule has 8 heteroatoms. The molecule has 3 N–H and O–H groups in total. The van der Waals surface area contributed by atoms with Crippen LogP contribution in [-0.4, -0.2) is 30.9 Å². The molecule has 0 saturated heterocycles. The summed E-state index contributed by atoms with van der Waals surface area (Å²) in [5.74, 6) is 0. The summed E-state index contributed by atoms with van der Waals surface area (Å²) >= 11 is 0. The molecule has 1 atom stereocenters. The summed E-state index contributed by atoms with van der Waals surface area (Å²) in [6, 6.07) is 0. The first-order chi connectivity index (χ1) is 9.79. The molecular weight excluding hydrogens is 317 g/mol. The second-order valence-corrected chi connectivity index (χ2v) is 6.21. The van der Waals surface area contributed by atoms with Crippen LogP contribution in [0.4, 0.5) is 0 Å². The Hall–Kier alpha value is 0.790. The van der Waals surface area contributed by atoms with Crippen molar-refractivity contribution in [2.45, 2.75) is 84.3 Å². The molecule has 130 valence electrons. The maximum Gasteiger partial charge on any atom is 1.00 e. The third-order valence-electron chi connectivity index (χ3n) is 2.73. The zero-order valence-electron chi connectivity index (χ0n) is 14.4. The topological polar surface area (TPSA) is 113 Å². The van der Waals surface area contributed by atoms with Crippen LogP contribution in [0.2, 0.25) is 0 Å². The first kappa shape index (κ1) is 27.6. The predicted octanol–water partition coefficient (Wildman–Crippen LogP) is -0.328. The SMILES string of the molecule is CC(N)O.CCCCCCCCCCCCOS(=O)(=O)[O-].[Na+]. The Balaban J connectivity index is -0.000000640. The molecule has 0 heterocycles. The van der Waals surface area contributed by atoms with Gasteiger partial charge in [-0.05, 0) is 13.3 Å². The number of unbranched alkanes of at least 4 members (excludes halogenated alkanes) is 9. The molecule has 0 aliphatic carbocycles.